The summed E-state index contributed by atoms with van der Waals surface area (Å²) in [6, 6.07) is 2.44. The quantitative estimate of drug-likeness (QED) is 0.710. The molecule has 1 unspecified atom stereocenters. The van der Waals surface area contributed by atoms with Crippen LogP contribution in [0.5, 0.6) is 5.75 Å². The number of aldehydes is 1. The number of rotatable bonds is 1. The summed E-state index contributed by atoms with van der Waals surface area (Å²) in [6.07, 6.45) is -0.220. The summed E-state index contributed by atoms with van der Waals surface area (Å²) in [4.78, 5) is 21.7. The number of amides is 1. The Labute approximate surface area is 85.0 Å². The van der Waals surface area contributed by atoms with Crippen LogP contribution in [-0.2, 0) is 4.79 Å². The lowest BCUT2D eigenvalue weighted by molar-refractivity contribution is -0.122. The van der Waals surface area contributed by atoms with E-state index in [1.165, 1.54) is 13.0 Å². The number of benzene rings is 1. The fourth-order valence-electron chi connectivity index (χ4n) is 1.36. The van der Waals surface area contributed by atoms with Crippen LogP contribution in [-0.4, -0.2) is 18.3 Å². The van der Waals surface area contributed by atoms with E-state index in [4.69, 9.17) is 4.74 Å². The summed E-state index contributed by atoms with van der Waals surface area (Å²) in [5, 5.41) is 2.46. The normalized spacial score (nSPS) is 18.8. The number of hydrogen-bond donors (Lipinski definition) is 1. The first kappa shape index (κ1) is 9.64. The van der Waals surface area contributed by atoms with Crippen molar-refractivity contribution in [2.24, 2.45) is 0 Å². The van der Waals surface area contributed by atoms with Gasteiger partial charge in [0.1, 0.15) is 6.29 Å². The molecule has 15 heavy (non-hydrogen) atoms. The molecule has 1 heterocycles. The Hall–Kier alpha value is -1.91. The summed E-state index contributed by atoms with van der Waals surface area (Å²) >= 11 is 0. The Bertz CT molecular complexity index is 445. The third-order valence-electron chi connectivity index (χ3n) is 2.12. The maximum Gasteiger partial charge on any atom is 0.265 e. The van der Waals surface area contributed by atoms with Gasteiger partial charge in [-0.25, -0.2) is 4.39 Å². The van der Waals surface area contributed by atoms with Crippen molar-refractivity contribution in [3.05, 3.63) is 23.5 Å². The molecule has 78 valence electrons. The van der Waals surface area contributed by atoms with Crippen molar-refractivity contribution >= 4 is 17.9 Å². The van der Waals surface area contributed by atoms with Crippen LogP contribution < -0.4 is 10.1 Å². The zero-order valence-corrected chi connectivity index (χ0v) is 7.91. The lowest BCUT2D eigenvalue weighted by Crippen LogP contribution is -2.34. The molecule has 1 aromatic carbocycles. The van der Waals surface area contributed by atoms with Gasteiger partial charge in [0.05, 0.1) is 5.69 Å². The zero-order chi connectivity index (χ0) is 11.0. The molecule has 0 fully saturated rings. The van der Waals surface area contributed by atoms with Gasteiger partial charge >= 0.3 is 0 Å². The smallest absolute Gasteiger partial charge is 0.265 e. The third kappa shape index (κ3) is 1.56. The minimum atomic E-state index is -0.728. The molecule has 1 aromatic rings. The minimum Gasteiger partial charge on any atom is -0.476 e. The first-order valence-electron chi connectivity index (χ1n) is 4.38. The lowest BCUT2D eigenvalue weighted by Gasteiger charge is -2.23. The first-order chi connectivity index (χ1) is 7.11. The highest BCUT2D eigenvalue weighted by atomic mass is 19.1. The largest absolute Gasteiger partial charge is 0.476 e. The van der Waals surface area contributed by atoms with Crippen LogP contribution >= 0.6 is 0 Å². The maximum absolute atomic E-state index is 13.4. The molecule has 1 N–H and O–H groups in total. The van der Waals surface area contributed by atoms with Crippen molar-refractivity contribution in [1.29, 1.82) is 0 Å². The van der Waals surface area contributed by atoms with E-state index in [0.29, 0.717) is 6.29 Å². The van der Waals surface area contributed by atoms with Gasteiger partial charge < -0.3 is 10.1 Å². The Kier molecular flexibility index (Phi) is 2.15. The number of carbonyl (C=O) groups excluding carboxylic acids is 2. The minimum absolute atomic E-state index is 0.0206. The Morgan fingerprint density at radius 2 is 2.27 bits per heavy atom. The van der Waals surface area contributed by atoms with Crippen molar-refractivity contribution in [3.63, 3.8) is 0 Å². The molecule has 0 radical (unpaired) electrons. The van der Waals surface area contributed by atoms with Crippen LogP contribution in [0.4, 0.5) is 10.1 Å². The van der Waals surface area contributed by atoms with Crippen molar-refractivity contribution in [2.75, 3.05) is 5.32 Å². The van der Waals surface area contributed by atoms with Gasteiger partial charge in [0.15, 0.2) is 17.7 Å². The average molecular weight is 209 g/mol. The maximum atomic E-state index is 13.4. The van der Waals surface area contributed by atoms with Gasteiger partial charge in [-0.3, -0.25) is 9.59 Å². The van der Waals surface area contributed by atoms with Gasteiger partial charge in [-0.1, -0.05) is 0 Å². The van der Waals surface area contributed by atoms with Crippen LogP contribution in [0.2, 0.25) is 0 Å². The fourth-order valence-corrected chi connectivity index (χ4v) is 1.36. The molecular weight excluding hydrogens is 201 g/mol. The number of hydrogen-bond acceptors (Lipinski definition) is 3. The van der Waals surface area contributed by atoms with Crippen LogP contribution in [0, 0.1) is 5.82 Å². The van der Waals surface area contributed by atoms with Gasteiger partial charge in [0, 0.05) is 5.56 Å². The highest BCUT2D eigenvalue weighted by Crippen LogP contribution is 2.33. The van der Waals surface area contributed by atoms with E-state index in [0.717, 1.165) is 6.07 Å². The van der Waals surface area contributed by atoms with Crippen molar-refractivity contribution < 1.29 is 18.7 Å². The van der Waals surface area contributed by atoms with Crippen molar-refractivity contribution in [2.45, 2.75) is 13.0 Å². The van der Waals surface area contributed by atoms with Gasteiger partial charge in [-0.05, 0) is 19.1 Å². The van der Waals surface area contributed by atoms with E-state index in [-0.39, 0.29) is 22.9 Å². The van der Waals surface area contributed by atoms with Gasteiger partial charge in [0.25, 0.3) is 5.91 Å². The summed E-state index contributed by atoms with van der Waals surface area (Å²) in [5.41, 5.74) is 0.352. The van der Waals surface area contributed by atoms with E-state index < -0.39 is 11.9 Å². The van der Waals surface area contributed by atoms with Gasteiger partial charge in [-0.15, -0.1) is 0 Å². The predicted octanol–water partition coefficient (Wildman–Crippen LogP) is 1.36. The molecule has 1 aliphatic heterocycles. The second-order valence-corrected chi connectivity index (χ2v) is 3.25. The summed E-state index contributed by atoms with van der Waals surface area (Å²) in [6.45, 7) is 1.52. The molecule has 1 aliphatic rings. The monoisotopic (exact) mass is 209 g/mol. The van der Waals surface area contributed by atoms with Crippen LogP contribution in [0.25, 0.3) is 0 Å². The highest BCUT2D eigenvalue weighted by molar-refractivity contribution is 5.98. The SMILES string of the molecule is CC1Oc2c(F)cc(C=O)cc2NC1=O. The van der Waals surface area contributed by atoms with E-state index in [1.807, 2.05) is 0 Å². The molecule has 5 heteroatoms. The molecule has 0 saturated heterocycles. The number of anilines is 1. The van der Waals surface area contributed by atoms with E-state index in [9.17, 15) is 14.0 Å². The number of ether oxygens (including phenoxy) is 1. The molecule has 0 bridgehead atoms. The Morgan fingerprint density at radius 1 is 1.53 bits per heavy atom. The summed E-state index contributed by atoms with van der Waals surface area (Å²) in [7, 11) is 0. The Morgan fingerprint density at radius 3 is 2.93 bits per heavy atom. The standard InChI is InChI=1S/C10H8FNO3/c1-5-10(14)12-8-3-6(4-13)2-7(11)9(8)15-5/h2-5H,1H3,(H,12,14). The first-order valence-corrected chi connectivity index (χ1v) is 4.38. The molecule has 0 aromatic heterocycles. The predicted molar refractivity (Wildman–Crippen MR) is 50.5 cm³/mol. The number of nitrogens with one attached hydrogen (secondary N) is 1. The molecule has 0 spiro atoms. The van der Waals surface area contributed by atoms with Gasteiger partial charge in [0.2, 0.25) is 0 Å². The Balaban J connectivity index is 2.52. The number of carbonyl (C=O) groups is 2. The molecule has 0 saturated carbocycles. The lowest BCUT2D eigenvalue weighted by atomic mass is 10.1. The zero-order valence-electron chi connectivity index (χ0n) is 7.91. The second-order valence-electron chi connectivity index (χ2n) is 3.25. The number of halogens is 1. The second kappa shape index (κ2) is 3.34. The van der Waals surface area contributed by atoms with E-state index >= 15 is 0 Å². The van der Waals surface area contributed by atoms with Crippen molar-refractivity contribution in [3.8, 4) is 5.75 Å². The fraction of sp³-hybridized carbons (Fsp3) is 0.200. The number of fused-ring (bicyclic) bond motifs is 1. The topological polar surface area (TPSA) is 55.4 Å². The van der Waals surface area contributed by atoms with E-state index in [1.54, 1.807) is 0 Å². The molecule has 1 amide bonds. The van der Waals surface area contributed by atoms with Crippen LogP contribution in [0.1, 0.15) is 17.3 Å². The van der Waals surface area contributed by atoms with Crippen LogP contribution in [0.3, 0.4) is 0 Å². The average Bonchev–Trinajstić information content (AvgIpc) is 2.21. The molecule has 2 rings (SSSR count). The summed E-state index contributed by atoms with van der Waals surface area (Å²) in [5.74, 6) is -1.03. The van der Waals surface area contributed by atoms with Crippen LogP contribution in [0.15, 0.2) is 12.1 Å². The van der Waals surface area contributed by atoms with Crippen molar-refractivity contribution in [1.82, 2.24) is 0 Å². The molecule has 0 aliphatic carbocycles. The van der Waals surface area contributed by atoms with E-state index in [2.05, 4.69) is 5.32 Å². The molecular formula is C10H8FNO3. The molecule has 1 atom stereocenters. The third-order valence-corrected chi connectivity index (χ3v) is 2.12. The van der Waals surface area contributed by atoms with Gasteiger partial charge in [-0.2, -0.15) is 0 Å². The summed E-state index contributed by atoms with van der Waals surface area (Å²) < 4.78 is 18.5. The highest BCUT2D eigenvalue weighted by Gasteiger charge is 2.26. The molecule has 4 nitrogen and oxygen atoms in total.